The van der Waals surface area contributed by atoms with Crippen LogP contribution in [0.15, 0.2) is 28.7 Å². The molecule has 0 saturated carbocycles. The first kappa shape index (κ1) is 18.4. The third-order valence-electron chi connectivity index (χ3n) is 4.48. The molecule has 1 aliphatic heterocycles. The van der Waals surface area contributed by atoms with Crippen LogP contribution in [0.1, 0.15) is 26.7 Å². The average molecular weight is 396 g/mol. The van der Waals surface area contributed by atoms with Gasteiger partial charge in [0.25, 0.3) is 0 Å². The molecule has 0 aromatic heterocycles. The molecule has 1 aliphatic rings. The molecular formula is C17H22BrN3O3. The maximum Gasteiger partial charge on any atom is 0.240 e. The van der Waals surface area contributed by atoms with E-state index >= 15 is 0 Å². The molecule has 7 heteroatoms. The smallest absolute Gasteiger partial charge is 0.240 e. The number of nitrogens with one attached hydrogen (secondary N) is 1. The van der Waals surface area contributed by atoms with Crippen LogP contribution in [-0.4, -0.2) is 30.3 Å². The zero-order chi connectivity index (χ0) is 17.9. The fourth-order valence-electron chi connectivity index (χ4n) is 2.82. The van der Waals surface area contributed by atoms with Crippen LogP contribution < -0.4 is 16.0 Å². The number of nitrogens with two attached hydrogens (primary N) is 1. The summed E-state index contributed by atoms with van der Waals surface area (Å²) in [5, 5.41) is 2.65. The SMILES string of the molecule is CCC(C)C(NC(=O)C1CCN(c2ccccc2Br)C1=O)C(N)=O. The van der Waals surface area contributed by atoms with Crippen molar-refractivity contribution < 1.29 is 14.4 Å². The summed E-state index contributed by atoms with van der Waals surface area (Å²) in [4.78, 5) is 38.3. The highest BCUT2D eigenvalue weighted by molar-refractivity contribution is 9.10. The maximum atomic E-state index is 12.6. The molecular weight excluding hydrogens is 374 g/mol. The number of amides is 3. The molecule has 1 heterocycles. The van der Waals surface area contributed by atoms with Crippen molar-refractivity contribution in [3.63, 3.8) is 0 Å². The van der Waals surface area contributed by atoms with Crippen LogP contribution in [0.25, 0.3) is 0 Å². The molecule has 1 fully saturated rings. The minimum Gasteiger partial charge on any atom is -0.368 e. The summed E-state index contributed by atoms with van der Waals surface area (Å²) in [7, 11) is 0. The third-order valence-corrected chi connectivity index (χ3v) is 5.15. The van der Waals surface area contributed by atoms with E-state index in [9.17, 15) is 14.4 Å². The maximum absolute atomic E-state index is 12.6. The van der Waals surface area contributed by atoms with Gasteiger partial charge in [-0.3, -0.25) is 14.4 Å². The van der Waals surface area contributed by atoms with Crippen molar-refractivity contribution in [2.24, 2.45) is 17.6 Å². The van der Waals surface area contributed by atoms with Crippen LogP contribution in [-0.2, 0) is 14.4 Å². The highest BCUT2D eigenvalue weighted by Gasteiger charge is 2.39. The standard InChI is InChI=1S/C17H22BrN3O3/c1-3-10(2)14(15(19)22)20-16(23)11-8-9-21(17(11)24)13-7-5-4-6-12(13)18/h4-7,10-11,14H,3,8-9H2,1-2H3,(H2,19,22)(H,20,23). The normalized spacial score (nSPS) is 19.9. The number of rotatable bonds is 6. The predicted octanol–water partition coefficient (Wildman–Crippen LogP) is 1.82. The van der Waals surface area contributed by atoms with E-state index in [1.807, 2.05) is 38.1 Å². The van der Waals surface area contributed by atoms with Gasteiger partial charge < -0.3 is 16.0 Å². The van der Waals surface area contributed by atoms with Gasteiger partial charge in [-0.1, -0.05) is 32.4 Å². The van der Waals surface area contributed by atoms with Crippen LogP contribution in [0, 0.1) is 11.8 Å². The van der Waals surface area contributed by atoms with Crippen molar-refractivity contribution >= 4 is 39.3 Å². The third kappa shape index (κ3) is 3.77. The van der Waals surface area contributed by atoms with E-state index in [0.717, 1.165) is 10.2 Å². The fraction of sp³-hybridized carbons (Fsp3) is 0.471. The molecule has 0 spiro atoms. The van der Waals surface area contributed by atoms with E-state index in [1.54, 1.807) is 4.90 Å². The molecule has 6 nitrogen and oxygen atoms in total. The van der Waals surface area contributed by atoms with Crippen LogP contribution >= 0.6 is 15.9 Å². The van der Waals surface area contributed by atoms with Gasteiger partial charge in [-0.25, -0.2) is 0 Å². The van der Waals surface area contributed by atoms with Gasteiger partial charge in [0.2, 0.25) is 17.7 Å². The van der Waals surface area contributed by atoms with Gasteiger partial charge in [0, 0.05) is 11.0 Å². The second kappa shape index (κ2) is 7.79. The molecule has 3 unspecified atom stereocenters. The van der Waals surface area contributed by atoms with E-state index in [1.165, 1.54) is 0 Å². The fourth-order valence-corrected chi connectivity index (χ4v) is 3.32. The lowest BCUT2D eigenvalue weighted by molar-refractivity contribution is -0.135. The number of nitrogens with zero attached hydrogens (tertiary/aromatic N) is 1. The number of hydrogen-bond donors (Lipinski definition) is 2. The Balaban J connectivity index is 2.11. The Morgan fingerprint density at radius 1 is 1.42 bits per heavy atom. The van der Waals surface area contributed by atoms with E-state index in [2.05, 4.69) is 21.2 Å². The average Bonchev–Trinajstić information content (AvgIpc) is 2.93. The van der Waals surface area contributed by atoms with Crippen molar-refractivity contribution in [1.82, 2.24) is 5.32 Å². The van der Waals surface area contributed by atoms with Crippen LogP contribution in [0.3, 0.4) is 0 Å². The first-order chi connectivity index (χ1) is 11.4. The number of benzene rings is 1. The lowest BCUT2D eigenvalue weighted by Crippen LogP contribution is -2.51. The van der Waals surface area contributed by atoms with Crippen molar-refractivity contribution in [1.29, 1.82) is 0 Å². The van der Waals surface area contributed by atoms with Crippen LogP contribution in [0.5, 0.6) is 0 Å². The molecule has 0 radical (unpaired) electrons. The second-order valence-corrected chi connectivity index (χ2v) is 6.91. The van der Waals surface area contributed by atoms with Crippen LogP contribution in [0.2, 0.25) is 0 Å². The molecule has 130 valence electrons. The van der Waals surface area contributed by atoms with E-state index in [0.29, 0.717) is 19.4 Å². The number of carbonyl (C=O) groups excluding carboxylic acids is 3. The summed E-state index contributed by atoms with van der Waals surface area (Å²) in [5.74, 6) is -2.14. The highest BCUT2D eigenvalue weighted by atomic mass is 79.9. The summed E-state index contributed by atoms with van der Waals surface area (Å²) in [6, 6.07) is 6.62. The van der Waals surface area contributed by atoms with E-state index < -0.39 is 23.8 Å². The number of carbonyl (C=O) groups is 3. The Kier molecular flexibility index (Phi) is 5.99. The zero-order valence-electron chi connectivity index (χ0n) is 13.8. The Labute approximate surface area is 149 Å². The molecule has 1 aromatic carbocycles. The Bertz CT molecular complexity index is 650. The minimum absolute atomic E-state index is 0.0812. The molecule has 1 aromatic rings. The molecule has 0 bridgehead atoms. The second-order valence-electron chi connectivity index (χ2n) is 6.06. The monoisotopic (exact) mass is 395 g/mol. The summed E-state index contributed by atoms with van der Waals surface area (Å²) >= 11 is 3.42. The van der Waals surface area contributed by atoms with E-state index in [4.69, 9.17) is 5.73 Å². The summed E-state index contributed by atoms with van der Waals surface area (Å²) in [5.41, 5.74) is 6.12. The molecule has 1 saturated heterocycles. The van der Waals surface area contributed by atoms with Crippen molar-refractivity contribution in [3.05, 3.63) is 28.7 Å². The van der Waals surface area contributed by atoms with Gasteiger partial charge in [0.15, 0.2) is 0 Å². The predicted molar refractivity (Wildman–Crippen MR) is 95.2 cm³/mol. The number of hydrogen-bond acceptors (Lipinski definition) is 3. The van der Waals surface area contributed by atoms with E-state index in [-0.39, 0.29) is 11.8 Å². The number of primary amides is 1. The first-order valence-electron chi connectivity index (χ1n) is 8.02. The van der Waals surface area contributed by atoms with Gasteiger partial charge in [-0.15, -0.1) is 0 Å². The van der Waals surface area contributed by atoms with Crippen LogP contribution in [0.4, 0.5) is 5.69 Å². The lowest BCUT2D eigenvalue weighted by Gasteiger charge is -2.23. The number of anilines is 1. The first-order valence-corrected chi connectivity index (χ1v) is 8.81. The van der Waals surface area contributed by atoms with Gasteiger partial charge in [0.05, 0.1) is 5.69 Å². The van der Waals surface area contributed by atoms with Gasteiger partial charge in [0.1, 0.15) is 12.0 Å². The molecule has 3 N–H and O–H groups in total. The largest absolute Gasteiger partial charge is 0.368 e. The van der Waals surface area contributed by atoms with Crippen molar-refractivity contribution in [2.75, 3.05) is 11.4 Å². The quantitative estimate of drug-likeness (QED) is 0.719. The minimum atomic E-state index is -0.789. The molecule has 24 heavy (non-hydrogen) atoms. The summed E-state index contributed by atoms with van der Waals surface area (Å²) in [6.45, 7) is 4.23. The summed E-state index contributed by atoms with van der Waals surface area (Å²) in [6.07, 6.45) is 1.12. The molecule has 0 aliphatic carbocycles. The van der Waals surface area contributed by atoms with Crippen molar-refractivity contribution in [2.45, 2.75) is 32.7 Å². The van der Waals surface area contributed by atoms with Gasteiger partial charge >= 0.3 is 0 Å². The number of para-hydroxylation sites is 1. The number of halogens is 1. The zero-order valence-corrected chi connectivity index (χ0v) is 15.4. The highest BCUT2D eigenvalue weighted by Crippen LogP contribution is 2.31. The topological polar surface area (TPSA) is 92.5 Å². The summed E-state index contributed by atoms with van der Waals surface area (Å²) < 4.78 is 0.800. The van der Waals surface area contributed by atoms with Crippen molar-refractivity contribution in [3.8, 4) is 0 Å². The van der Waals surface area contributed by atoms with Gasteiger partial charge in [-0.2, -0.15) is 0 Å². The lowest BCUT2D eigenvalue weighted by atomic mass is 9.97. The Morgan fingerprint density at radius 2 is 2.08 bits per heavy atom. The Hall–Kier alpha value is -1.89. The molecule has 2 rings (SSSR count). The molecule has 3 atom stereocenters. The van der Waals surface area contributed by atoms with Gasteiger partial charge in [-0.05, 0) is 40.4 Å². The Morgan fingerprint density at radius 3 is 2.67 bits per heavy atom. The molecule has 3 amide bonds.